The number of carbonyl (C=O) groups is 2. The van der Waals surface area contributed by atoms with E-state index in [1.807, 2.05) is 55.9 Å². The van der Waals surface area contributed by atoms with Crippen LogP contribution < -0.4 is 10.2 Å². The summed E-state index contributed by atoms with van der Waals surface area (Å²) in [6.45, 7) is 8.48. The van der Waals surface area contributed by atoms with E-state index in [4.69, 9.17) is 4.42 Å². The maximum absolute atomic E-state index is 12.8. The highest BCUT2D eigenvalue weighted by Crippen LogP contribution is 2.26. The molecule has 2 rings (SSSR count). The molecule has 0 saturated carbocycles. The second-order valence-electron chi connectivity index (χ2n) is 7.55. The van der Waals surface area contributed by atoms with E-state index in [1.165, 1.54) is 6.26 Å². The molecule has 0 aliphatic heterocycles. The van der Waals surface area contributed by atoms with Gasteiger partial charge >= 0.3 is 0 Å². The molecule has 0 fully saturated rings. The van der Waals surface area contributed by atoms with Gasteiger partial charge in [0.2, 0.25) is 5.91 Å². The van der Waals surface area contributed by atoms with Gasteiger partial charge in [-0.15, -0.1) is 0 Å². The first-order chi connectivity index (χ1) is 13.2. The van der Waals surface area contributed by atoms with E-state index < -0.39 is 0 Å². The van der Waals surface area contributed by atoms with E-state index in [2.05, 4.69) is 19.2 Å². The topological polar surface area (TPSA) is 65.8 Å². The zero-order valence-corrected chi connectivity index (χ0v) is 17.7. The number of hydrogen-bond donors (Lipinski definition) is 1. The van der Waals surface area contributed by atoms with E-state index in [1.54, 1.807) is 12.1 Å². The molecule has 1 atom stereocenters. The summed E-state index contributed by atoms with van der Waals surface area (Å²) >= 11 is 0. The number of anilines is 2. The Morgan fingerprint density at radius 3 is 2.39 bits per heavy atom. The largest absolute Gasteiger partial charge is 0.459 e. The van der Waals surface area contributed by atoms with Gasteiger partial charge in [-0.2, -0.15) is 0 Å². The van der Waals surface area contributed by atoms with Crippen molar-refractivity contribution < 1.29 is 14.0 Å². The zero-order chi connectivity index (χ0) is 20.8. The van der Waals surface area contributed by atoms with Gasteiger partial charge in [0, 0.05) is 44.0 Å². The Bertz CT molecular complexity index is 797. The van der Waals surface area contributed by atoms with E-state index in [0.717, 1.165) is 17.7 Å². The zero-order valence-electron chi connectivity index (χ0n) is 17.7. The maximum atomic E-state index is 12.8. The van der Waals surface area contributed by atoms with Gasteiger partial charge in [0.15, 0.2) is 5.76 Å². The molecule has 1 N–H and O–H groups in total. The Labute approximate surface area is 167 Å². The van der Waals surface area contributed by atoms with Crippen LogP contribution in [-0.4, -0.2) is 36.9 Å². The number of furan rings is 1. The highest BCUT2D eigenvalue weighted by Gasteiger charge is 2.23. The number of rotatable bonds is 8. The fourth-order valence-corrected chi connectivity index (χ4v) is 3.01. The van der Waals surface area contributed by atoms with Crippen molar-refractivity contribution in [1.82, 2.24) is 4.90 Å². The molecule has 0 spiro atoms. The third kappa shape index (κ3) is 5.15. The van der Waals surface area contributed by atoms with Gasteiger partial charge in [0.1, 0.15) is 0 Å². The predicted octanol–water partition coefficient (Wildman–Crippen LogP) is 4.38. The van der Waals surface area contributed by atoms with Crippen molar-refractivity contribution in [1.29, 1.82) is 0 Å². The fraction of sp³-hybridized carbons (Fsp3) is 0.455. The van der Waals surface area contributed by atoms with Crippen molar-refractivity contribution in [2.24, 2.45) is 5.92 Å². The lowest BCUT2D eigenvalue weighted by atomic mass is 10.1. The molecule has 6 heteroatoms. The molecule has 2 aromatic rings. The van der Waals surface area contributed by atoms with Gasteiger partial charge in [0.05, 0.1) is 6.26 Å². The van der Waals surface area contributed by atoms with Crippen LogP contribution in [0.3, 0.4) is 0 Å². The Kier molecular flexibility index (Phi) is 7.26. The van der Waals surface area contributed by atoms with Gasteiger partial charge in [-0.1, -0.05) is 20.8 Å². The van der Waals surface area contributed by atoms with Crippen molar-refractivity contribution in [2.45, 2.75) is 46.7 Å². The first-order valence-corrected chi connectivity index (χ1v) is 9.70. The van der Waals surface area contributed by atoms with Crippen LogP contribution in [0.25, 0.3) is 0 Å². The molecule has 0 aliphatic carbocycles. The van der Waals surface area contributed by atoms with Crippen molar-refractivity contribution in [3.63, 3.8) is 0 Å². The van der Waals surface area contributed by atoms with Crippen molar-refractivity contribution in [3.05, 3.63) is 47.9 Å². The molecule has 1 aromatic heterocycles. The molecule has 2 amide bonds. The first kappa shape index (κ1) is 21.5. The average Bonchev–Trinajstić information content (AvgIpc) is 3.19. The molecule has 1 heterocycles. The van der Waals surface area contributed by atoms with Crippen LogP contribution in [0.4, 0.5) is 11.4 Å². The molecular formula is C22H31N3O3. The lowest BCUT2D eigenvalue weighted by Gasteiger charge is -2.32. The Hall–Kier alpha value is -2.76. The summed E-state index contributed by atoms with van der Waals surface area (Å²) in [7, 11) is 3.94. The van der Waals surface area contributed by atoms with Gasteiger partial charge in [0.25, 0.3) is 5.91 Å². The molecule has 0 bridgehead atoms. The van der Waals surface area contributed by atoms with E-state index in [-0.39, 0.29) is 29.5 Å². The van der Waals surface area contributed by atoms with Crippen LogP contribution in [0.1, 0.15) is 50.2 Å². The highest BCUT2D eigenvalue weighted by molar-refractivity contribution is 6.02. The quantitative estimate of drug-likeness (QED) is 0.732. The summed E-state index contributed by atoms with van der Waals surface area (Å²) < 4.78 is 5.15. The van der Waals surface area contributed by atoms with Crippen molar-refractivity contribution in [2.75, 3.05) is 24.3 Å². The summed E-state index contributed by atoms with van der Waals surface area (Å²) in [4.78, 5) is 29.0. The van der Waals surface area contributed by atoms with Crippen LogP contribution in [0.15, 0.2) is 41.0 Å². The third-order valence-corrected chi connectivity index (χ3v) is 4.80. The summed E-state index contributed by atoms with van der Waals surface area (Å²) in [5.74, 6) is 0.0165. The van der Waals surface area contributed by atoms with Crippen LogP contribution in [0, 0.1) is 5.92 Å². The van der Waals surface area contributed by atoms with E-state index in [0.29, 0.717) is 12.2 Å². The molecule has 6 nitrogen and oxygen atoms in total. The number of carbonyl (C=O) groups excluding carboxylic acids is 2. The smallest absolute Gasteiger partial charge is 0.291 e. The summed E-state index contributed by atoms with van der Waals surface area (Å²) in [5.41, 5.74) is 2.67. The Morgan fingerprint density at radius 2 is 1.86 bits per heavy atom. The van der Waals surface area contributed by atoms with Gasteiger partial charge in [-0.25, -0.2) is 0 Å². The van der Waals surface area contributed by atoms with Crippen molar-refractivity contribution >= 4 is 23.2 Å². The normalized spacial score (nSPS) is 12.0. The number of nitrogens with zero attached hydrogens (tertiary/aromatic N) is 2. The molecule has 0 unspecified atom stereocenters. The second kappa shape index (κ2) is 9.44. The van der Waals surface area contributed by atoms with Gasteiger partial charge in [-0.3, -0.25) is 9.59 Å². The highest BCUT2D eigenvalue weighted by atomic mass is 16.3. The van der Waals surface area contributed by atoms with E-state index >= 15 is 0 Å². The minimum atomic E-state index is -0.300. The number of hydrogen-bond acceptors (Lipinski definition) is 4. The molecule has 0 saturated heterocycles. The molecular weight excluding hydrogens is 354 g/mol. The van der Waals surface area contributed by atoms with Crippen LogP contribution in [0.2, 0.25) is 0 Å². The predicted molar refractivity (Wildman–Crippen MR) is 113 cm³/mol. The molecule has 152 valence electrons. The molecule has 28 heavy (non-hydrogen) atoms. The van der Waals surface area contributed by atoms with Gasteiger partial charge in [-0.05, 0) is 49.2 Å². The summed E-state index contributed by atoms with van der Waals surface area (Å²) in [5, 5.41) is 2.86. The first-order valence-electron chi connectivity index (χ1n) is 9.70. The third-order valence-electron chi connectivity index (χ3n) is 4.80. The standard InChI is InChI=1S/C22H31N3O3/c1-7-16(4)25(22(27)15(2)3)14-17-13-18(10-11-19(17)24(5)6)23-21(26)20-9-8-12-28-20/h8-13,15-16H,7,14H2,1-6H3,(H,23,26)/t16-/m0/s1. The number of nitrogens with one attached hydrogen (secondary N) is 1. The average molecular weight is 386 g/mol. The van der Waals surface area contributed by atoms with Crippen LogP contribution in [-0.2, 0) is 11.3 Å². The Balaban J connectivity index is 2.33. The summed E-state index contributed by atoms with van der Waals surface area (Å²) in [6.07, 6.45) is 2.35. The van der Waals surface area contributed by atoms with E-state index in [9.17, 15) is 9.59 Å². The molecule has 1 aromatic carbocycles. The number of benzene rings is 1. The monoisotopic (exact) mass is 385 g/mol. The minimum absolute atomic E-state index is 0.0707. The Morgan fingerprint density at radius 1 is 1.14 bits per heavy atom. The van der Waals surface area contributed by atoms with Crippen molar-refractivity contribution in [3.8, 4) is 0 Å². The lowest BCUT2D eigenvalue weighted by Crippen LogP contribution is -2.40. The van der Waals surface area contributed by atoms with Gasteiger partial charge < -0.3 is 19.5 Å². The summed E-state index contributed by atoms with van der Waals surface area (Å²) in [6, 6.07) is 9.18. The second-order valence-corrected chi connectivity index (χ2v) is 7.55. The minimum Gasteiger partial charge on any atom is -0.459 e. The SMILES string of the molecule is CC[C@H](C)N(Cc1cc(NC(=O)c2ccco2)ccc1N(C)C)C(=O)C(C)C. The van der Waals surface area contributed by atoms with Crippen LogP contribution in [0.5, 0.6) is 0 Å². The maximum Gasteiger partial charge on any atom is 0.291 e. The molecule has 0 aliphatic rings. The van der Waals surface area contributed by atoms with Crippen LogP contribution >= 0.6 is 0 Å². The number of amides is 2. The lowest BCUT2D eigenvalue weighted by molar-refractivity contribution is -0.137. The molecule has 0 radical (unpaired) electrons. The fourth-order valence-electron chi connectivity index (χ4n) is 3.01.